The van der Waals surface area contributed by atoms with Crippen molar-refractivity contribution in [3.63, 3.8) is 0 Å². The molecule has 2 aromatic carbocycles. The summed E-state index contributed by atoms with van der Waals surface area (Å²) in [6.07, 6.45) is 2.15. The third kappa shape index (κ3) is 6.10. The molecule has 0 saturated heterocycles. The van der Waals surface area contributed by atoms with Crippen LogP contribution in [-0.2, 0) is 19.7 Å². The highest BCUT2D eigenvalue weighted by Crippen LogP contribution is 2.35. The number of amides is 2. The van der Waals surface area contributed by atoms with Crippen LogP contribution in [0.3, 0.4) is 0 Å². The lowest BCUT2D eigenvalue weighted by Crippen LogP contribution is -2.39. The predicted molar refractivity (Wildman–Crippen MR) is 137 cm³/mol. The summed E-state index contributed by atoms with van der Waals surface area (Å²) in [5.74, 6) is -3.37. The summed E-state index contributed by atoms with van der Waals surface area (Å²) in [4.78, 5) is 27.5. The molecule has 0 spiro atoms. The molecule has 0 aliphatic rings. The number of hydrogen-bond donors (Lipinski definition) is 4. The van der Waals surface area contributed by atoms with Crippen LogP contribution in [0.4, 0.5) is 26.0 Å². The van der Waals surface area contributed by atoms with E-state index in [1.165, 1.54) is 31.2 Å². The Morgan fingerprint density at radius 1 is 0.972 bits per heavy atom. The first-order valence-corrected chi connectivity index (χ1v) is 13.2. The van der Waals surface area contributed by atoms with Gasteiger partial charge in [0.1, 0.15) is 17.3 Å². The second-order valence-corrected chi connectivity index (χ2v) is 12.8. The largest absolute Gasteiger partial charge is 0.317 e. The highest BCUT2D eigenvalue weighted by molar-refractivity contribution is 8.15. The lowest BCUT2D eigenvalue weighted by Gasteiger charge is -2.41. The molecule has 0 aliphatic heterocycles. The van der Waals surface area contributed by atoms with E-state index < -0.39 is 38.4 Å². The van der Waals surface area contributed by atoms with E-state index in [0.717, 1.165) is 30.1 Å². The van der Waals surface area contributed by atoms with Crippen LogP contribution in [-0.4, -0.2) is 31.8 Å². The average molecular weight is 519 g/mol. The lowest BCUT2D eigenvalue weighted by atomic mass is 9.87. The van der Waals surface area contributed by atoms with Gasteiger partial charge in [0.2, 0.25) is 5.91 Å². The van der Waals surface area contributed by atoms with Crippen LogP contribution in [0.5, 0.6) is 0 Å². The molecule has 192 valence electrons. The van der Waals surface area contributed by atoms with Crippen molar-refractivity contribution in [2.75, 3.05) is 21.6 Å². The summed E-state index contributed by atoms with van der Waals surface area (Å²) >= 11 is 0. The summed E-state index contributed by atoms with van der Waals surface area (Å²) in [6, 6.07) is 10.9. The SMILES string of the molecule is CC(=O)Nc1ccc(C(=O)Nc2c(F)ccc(NS(C)(=O)(O)c3ccc(C(C)(C)C)cc3)c2F)cn1. The van der Waals surface area contributed by atoms with Crippen LogP contribution < -0.4 is 15.4 Å². The maximum Gasteiger partial charge on any atom is 0.257 e. The first kappa shape index (κ1) is 26.9. The number of carbonyl (C=O) groups excluding carboxylic acids is 2. The fourth-order valence-corrected chi connectivity index (χ4v) is 4.88. The highest BCUT2D eigenvalue weighted by atomic mass is 32.3. The number of benzene rings is 2. The maximum absolute atomic E-state index is 15.2. The van der Waals surface area contributed by atoms with Gasteiger partial charge in [0.15, 0.2) is 5.82 Å². The quantitative estimate of drug-likeness (QED) is 0.359. The van der Waals surface area contributed by atoms with Gasteiger partial charge in [-0.3, -0.25) is 18.9 Å². The Balaban J connectivity index is 1.88. The van der Waals surface area contributed by atoms with Crippen molar-refractivity contribution in [2.45, 2.75) is 38.0 Å². The Kier molecular flexibility index (Phi) is 7.02. The van der Waals surface area contributed by atoms with Gasteiger partial charge in [-0.1, -0.05) is 32.9 Å². The third-order valence-electron chi connectivity index (χ3n) is 5.29. The van der Waals surface area contributed by atoms with E-state index in [9.17, 15) is 22.7 Å². The Hall–Kier alpha value is -3.70. The van der Waals surface area contributed by atoms with Crippen LogP contribution in [0.2, 0.25) is 0 Å². The Morgan fingerprint density at radius 2 is 1.61 bits per heavy atom. The second-order valence-electron chi connectivity index (χ2n) is 9.51. The zero-order valence-corrected chi connectivity index (χ0v) is 21.3. The Bertz CT molecular complexity index is 1380. The molecular formula is C25H28F2N4O4S. The van der Waals surface area contributed by atoms with Crippen LogP contribution in [0.25, 0.3) is 0 Å². The molecule has 0 saturated carbocycles. The predicted octanol–water partition coefficient (Wildman–Crippen LogP) is 5.18. The molecule has 0 radical (unpaired) electrons. The molecule has 11 heteroatoms. The smallest absolute Gasteiger partial charge is 0.257 e. The van der Waals surface area contributed by atoms with Crippen LogP contribution in [0.1, 0.15) is 43.6 Å². The number of rotatable bonds is 6. The van der Waals surface area contributed by atoms with Gasteiger partial charge in [-0.2, -0.15) is 4.21 Å². The third-order valence-corrected chi connectivity index (χ3v) is 7.37. The van der Waals surface area contributed by atoms with Gasteiger partial charge in [0.25, 0.3) is 5.91 Å². The van der Waals surface area contributed by atoms with Crippen molar-refractivity contribution in [2.24, 2.45) is 0 Å². The van der Waals surface area contributed by atoms with Gasteiger partial charge in [0.05, 0.1) is 16.1 Å². The summed E-state index contributed by atoms with van der Waals surface area (Å²) < 4.78 is 56.5. The molecule has 3 rings (SSSR count). The van der Waals surface area contributed by atoms with E-state index in [1.807, 2.05) is 20.8 Å². The molecular weight excluding hydrogens is 490 g/mol. The number of hydrogen-bond acceptors (Lipinski definition) is 4. The molecule has 36 heavy (non-hydrogen) atoms. The maximum atomic E-state index is 15.2. The molecule has 8 nitrogen and oxygen atoms in total. The van der Waals surface area contributed by atoms with Crippen molar-refractivity contribution in [1.82, 2.24) is 4.98 Å². The number of nitrogens with zero attached hydrogens (tertiary/aromatic N) is 1. The van der Waals surface area contributed by atoms with Gasteiger partial charge in [-0.25, -0.2) is 13.8 Å². The minimum atomic E-state index is -4.82. The highest BCUT2D eigenvalue weighted by Gasteiger charge is 2.28. The molecule has 2 amide bonds. The zero-order valence-electron chi connectivity index (χ0n) is 20.5. The Labute approximate surface area is 207 Å². The van der Waals surface area contributed by atoms with E-state index in [2.05, 4.69) is 20.3 Å². The first-order chi connectivity index (χ1) is 16.5. The molecule has 4 N–H and O–H groups in total. The number of pyridine rings is 1. The molecule has 0 bridgehead atoms. The van der Waals surface area contributed by atoms with Crippen LogP contribution in [0, 0.1) is 11.6 Å². The number of anilines is 3. The topological polar surface area (TPSA) is 120 Å². The van der Waals surface area contributed by atoms with Crippen molar-refractivity contribution in [3.8, 4) is 0 Å². The zero-order chi connectivity index (χ0) is 26.9. The van der Waals surface area contributed by atoms with E-state index in [4.69, 9.17) is 0 Å². The molecule has 0 unspecified atom stereocenters. The summed E-state index contributed by atoms with van der Waals surface area (Å²) in [7, 11) is -4.82. The van der Waals surface area contributed by atoms with Gasteiger partial charge < -0.3 is 10.6 Å². The van der Waals surface area contributed by atoms with E-state index in [-0.39, 0.29) is 27.6 Å². The second kappa shape index (κ2) is 9.40. The number of halogens is 2. The van der Waals surface area contributed by atoms with Gasteiger partial charge in [-0.15, -0.1) is 9.53 Å². The average Bonchev–Trinajstić information content (AvgIpc) is 2.78. The normalized spacial score (nSPS) is 12.8. The van der Waals surface area contributed by atoms with Crippen molar-refractivity contribution in [3.05, 3.63) is 77.5 Å². The molecule has 1 aromatic heterocycles. The molecule has 0 atom stereocenters. The summed E-state index contributed by atoms with van der Waals surface area (Å²) in [5.41, 5.74) is -0.552. The minimum absolute atomic E-state index is 0.0136. The first-order valence-electron chi connectivity index (χ1n) is 10.9. The van der Waals surface area contributed by atoms with Gasteiger partial charge >= 0.3 is 0 Å². The van der Waals surface area contributed by atoms with Crippen LogP contribution in [0.15, 0.2) is 59.6 Å². The standard InChI is InChI=1S/C25H28F2N4O4S/c1-15(32)29-21-13-6-16(14-28-21)24(33)30-23-19(26)11-12-20(22(23)27)31-36(5,34,35)18-9-7-17(8-10-18)25(2,3)4/h6-14H,1-5H3,(H,30,33)(H,28,29,32)(H2,31,34,35). The monoisotopic (exact) mass is 518 g/mol. The van der Waals surface area contributed by atoms with Crippen LogP contribution >= 0.6 is 0 Å². The molecule has 0 aliphatic carbocycles. The fourth-order valence-electron chi connectivity index (χ4n) is 3.31. The van der Waals surface area contributed by atoms with Crippen molar-refractivity contribution in [1.29, 1.82) is 0 Å². The fraction of sp³-hybridized carbons (Fsp3) is 0.240. The molecule has 3 aromatic rings. The summed E-state index contributed by atoms with van der Waals surface area (Å²) in [6.45, 7) is 7.29. The number of nitrogens with one attached hydrogen (secondary N) is 3. The minimum Gasteiger partial charge on any atom is -0.317 e. The summed E-state index contributed by atoms with van der Waals surface area (Å²) in [5, 5.41) is 4.56. The molecule has 0 fully saturated rings. The molecule has 1 heterocycles. The Morgan fingerprint density at radius 3 is 2.14 bits per heavy atom. The number of carbonyl (C=O) groups is 2. The van der Waals surface area contributed by atoms with Gasteiger partial charge in [-0.05, 0) is 47.4 Å². The van der Waals surface area contributed by atoms with E-state index >= 15 is 4.39 Å². The van der Waals surface area contributed by atoms with Gasteiger partial charge in [0, 0.05) is 19.4 Å². The lowest BCUT2D eigenvalue weighted by molar-refractivity contribution is -0.114. The van der Waals surface area contributed by atoms with Crippen molar-refractivity contribution >= 4 is 38.5 Å². The van der Waals surface area contributed by atoms with E-state index in [0.29, 0.717) is 0 Å². The van der Waals surface area contributed by atoms with E-state index in [1.54, 1.807) is 12.1 Å². The van der Waals surface area contributed by atoms with Crippen molar-refractivity contribution < 1.29 is 27.1 Å². The number of aromatic nitrogens is 1.